The van der Waals surface area contributed by atoms with Crippen molar-refractivity contribution in [2.24, 2.45) is 0 Å². The molecule has 0 saturated carbocycles. The first-order chi connectivity index (χ1) is 5.31. The van der Waals surface area contributed by atoms with Crippen molar-refractivity contribution in [1.29, 1.82) is 0 Å². The first-order valence-electron chi connectivity index (χ1n) is 3.09. The molecule has 0 aliphatic carbocycles. The van der Waals surface area contributed by atoms with Crippen molar-refractivity contribution in [3.05, 3.63) is 0 Å². The van der Waals surface area contributed by atoms with Gasteiger partial charge in [0.2, 0.25) is 0 Å². The average molecular weight is 183 g/mol. The summed E-state index contributed by atoms with van der Waals surface area (Å²) in [5.41, 5.74) is 0. The number of alkyl halides is 1. The molecule has 66 valence electrons. The Morgan fingerprint density at radius 2 is 2.18 bits per heavy atom. The quantitative estimate of drug-likeness (QED) is 0.258. The van der Waals surface area contributed by atoms with Crippen molar-refractivity contribution in [2.75, 3.05) is 33.0 Å². The summed E-state index contributed by atoms with van der Waals surface area (Å²) in [6.07, 6.45) is 0. The molecule has 0 amide bonds. The first-order valence-corrected chi connectivity index (χ1v) is 3.63. The molecule has 0 spiro atoms. The lowest BCUT2D eigenvalue weighted by atomic mass is 10.8. The van der Waals surface area contributed by atoms with Crippen LogP contribution < -0.4 is 0 Å². The molecule has 11 heavy (non-hydrogen) atoms. The summed E-state index contributed by atoms with van der Waals surface area (Å²) in [5.74, 6) is -0.628. The third-order valence-corrected chi connectivity index (χ3v) is 1.06. The molecule has 0 rings (SSSR count). The second-order valence-corrected chi connectivity index (χ2v) is 1.94. The number of esters is 1. The van der Waals surface area contributed by atoms with Crippen LogP contribution in [-0.2, 0) is 19.0 Å². The van der Waals surface area contributed by atoms with E-state index in [0.717, 1.165) is 0 Å². The fourth-order valence-corrected chi connectivity index (χ4v) is 0.424. The normalized spacial score (nSPS) is 9.64. The highest BCUT2D eigenvalue weighted by Crippen LogP contribution is 1.83. The van der Waals surface area contributed by atoms with Crippen molar-refractivity contribution in [3.8, 4) is 0 Å². The van der Waals surface area contributed by atoms with Crippen molar-refractivity contribution in [3.63, 3.8) is 0 Å². The van der Waals surface area contributed by atoms with Crippen LogP contribution in [0.2, 0.25) is 0 Å². The van der Waals surface area contributed by atoms with Gasteiger partial charge in [0.25, 0.3) is 0 Å². The van der Waals surface area contributed by atoms with Crippen molar-refractivity contribution in [2.45, 2.75) is 0 Å². The number of carbonyl (C=O) groups excluding carboxylic acids is 1. The molecule has 0 atom stereocenters. The summed E-state index contributed by atoms with van der Waals surface area (Å²) < 4.78 is 14.0. The Bertz CT molecular complexity index is 107. The van der Waals surface area contributed by atoms with E-state index >= 15 is 0 Å². The molecule has 4 nitrogen and oxygen atoms in total. The van der Waals surface area contributed by atoms with E-state index < -0.39 is 5.97 Å². The maximum atomic E-state index is 10.4. The lowest BCUT2D eigenvalue weighted by Crippen LogP contribution is -2.11. The minimum absolute atomic E-state index is 0.0606. The molecule has 0 unspecified atom stereocenters. The second-order valence-electron chi connectivity index (χ2n) is 1.67. The Morgan fingerprint density at radius 3 is 2.73 bits per heavy atom. The molecule has 0 saturated heterocycles. The summed E-state index contributed by atoms with van der Waals surface area (Å²) in [6, 6.07) is 0. The van der Waals surface area contributed by atoms with Crippen molar-refractivity contribution in [1.82, 2.24) is 0 Å². The SMILES string of the molecule is COCCOCOC(=O)CCl. The predicted molar refractivity (Wildman–Crippen MR) is 39.5 cm³/mol. The van der Waals surface area contributed by atoms with E-state index in [9.17, 15) is 4.79 Å². The molecule has 0 aliphatic rings. The van der Waals surface area contributed by atoms with E-state index in [2.05, 4.69) is 9.47 Å². The van der Waals surface area contributed by atoms with Crippen LogP contribution in [-0.4, -0.2) is 39.0 Å². The molecule has 0 N–H and O–H groups in total. The third-order valence-electron chi connectivity index (χ3n) is 0.844. The maximum Gasteiger partial charge on any atom is 0.322 e. The van der Waals surface area contributed by atoms with E-state index in [1.54, 1.807) is 7.11 Å². The van der Waals surface area contributed by atoms with Crippen LogP contribution in [0, 0.1) is 0 Å². The fourth-order valence-electron chi connectivity index (χ4n) is 0.347. The Morgan fingerprint density at radius 1 is 1.45 bits per heavy atom. The van der Waals surface area contributed by atoms with Gasteiger partial charge in [-0.3, -0.25) is 4.79 Å². The molecule has 0 aromatic rings. The summed E-state index contributed by atoms with van der Waals surface area (Å²) in [6.45, 7) is 0.833. The topological polar surface area (TPSA) is 44.8 Å². The highest BCUT2D eigenvalue weighted by Gasteiger charge is 1.97. The van der Waals surface area contributed by atoms with Crippen LogP contribution in [0.25, 0.3) is 0 Å². The number of hydrogen-bond acceptors (Lipinski definition) is 4. The highest BCUT2D eigenvalue weighted by molar-refractivity contribution is 6.26. The standard InChI is InChI=1S/C6H11ClO4/c1-9-2-3-10-5-11-6(8)4-7/h2-5H2,1H3. The van der Waals surface area contributed by atoms with E-state index in [0.29, 0.717) is 13.2 Å². The predicted octanol–water partition coefficient (Wildman–Crippen LogP) is 0.389. The molecule has 0 fully saturated rings. The van der Waals surface area contributed by atoms with E-state index in [1.165, 1.54) is 0 Å². The maximum absolute atomic E-state index is 10.4. The summed E-state index contributed by atoms with van der Waals surface area (Å²) >= 11 is 5.14. The number of methoxy groups -OCH3 is 1. The van der Waals surface area contributed by atoms with Gasteiger partial charge in [-0.05, 0) is 0 Å². The van der Waals surface area contributed by atoms with Gasteiger partial charge >= 0.3 is 5.97 Å². The second kappa shape index (κ2) is 7.78. The van der Waals surface area contributed by atoms with Gasteiger partial charge in [0, 0.05) is 7.11 Å². The largest absolute Gasteiger partial charge is 0.438 e. The van der Waals surface area contributed by atoms with Gasteiger partial charge in [-0.2, -0.15) is 0 Å². The molecule has 0 heterocycles. The Kier molecular flexibility index (Phi) is 7.56. The molecular formula is C6H11ClO4. The van der Waals surface area contributed by atoms with Crippen molar-refractivity contribution >= 4 is 17.6 Å². The Balaban J connectivity index is 2.95. The van der Waals surface area contributed by atoms with E-state index in [-0.39, 0.29) is 12.7 Å². The van der Waals surface area contributed by atoms with Crippen LogP contribution in [0.4, 0.5) is 0 Å². The first kappa shape index (κ1) is 10.7. The minimum atomic E-state index is -0.482. The molecule has 0 aromatic heterocycles. The lowest BCUT2D eigenvalue weighted by molar-refractivity contribution is -0.154. The zero-order chi connectivity index (χ0) is 8.53. The number of carbonyl (C=O) groups is 1. The van der Waals surface area contributed by atoms with Gasteiger partial charge < -0.3 is 14.2 Å². The molecule has 0 bridgehead atoms. The summed E-state index contributed by atoms with van der Waals surface area (Å²) in [7, 11) is 1.56. The van der Waals surface area contributed by atoms with Crippen LogP contribution in [0.1, 0.15) is 0 Å². The number of ether oxygens (including phenoxy) is 3. The summed E-state index contributed by atoms with van der Waals surface area (Å²) in [5, 5.41) is 0. The van der Waals surface area contributed by atoms with Gasteiger partial charge in [0.1, 0.15) is 5.88 Å². The summed E-state index contributed by atoms with van der Waals surface area (Å²) in [4.78, 5) is 10.4. The zero-order valence-electron chi connectivity index (χ0n) is 6.34. The van der Waals surface area contributed by atoms with Gasteiger partial charge in [0.15, 0.2) is 6.79 Å². The van der Waals surface area contributed by atoms with Gasteiger partial charge in [0.05, 0.1) is 13.2 Å². The average Bonchev–Trinajstić information content (AvgIpc) is 2.04. The molecule has 5 heteroatoms. The number of halogens is 1. The monoisotopic (exact) mass is 182 g/mol. The van der Waals surface area contributed by atoms with Crippen molar-refractivity contribution < 1.29 is 19.0 Å². The van der Waals surface area contributed by atoms with Gasteiger partial charge in [-0.15, -0.1) is 11.6 Å². The van der Waals surface area contributed by atoms with E-state index in [1.807, 2.05) is 0 Å². The van der Waals surface area contributed by atoms with Gasteiger partial charge in [-0.25, -0.2) is 0 Å². The van der Waals surface area contributed by atoms with Crippen LogP contribution in [0.5, 0.6) is 0 Å². The van der Waals surface area contributed by atoms with Crippen LogP contribution in [0.3, 0.4) is 0 Å². The molecule has 0 aliphatic heterocycles. The Labute approximate surface area is 70.4 Å². The van der Waals surface area contributed by atoms with Crippen LogP contribution >= 0.6 is 11.6 Å². The van der Waals surface area contributed by atoms with Gasteiger partial charge in [-0.1, -0.05) is 0 Å². The lowest BCUT2D eigenvalue weighted by Gasteiger charge is -2.02. The molecular weight excluding hydrogens is 172 g/mol. The molecule has 0 aromatic carbocycles. The highest BCUT2D eigenvalue weighted by atomic mass is 35.5. The smallest absolute Gasteiger partial charge is 0.322 e. The number of rotatable bonds is 6. The minimum Gasteiger partial charge on any atom is -0.438 e. The Hall–Kier alpha value is -0.320. The fraction of sp³-hybridized carbons (Fsp3) is 0.833. The third kappa shape index (κ3) is 7.58. The van der Waals surface area contributed by atoms with Crippen LogP contribution in [0.15, 0.2) is 0 Å². The zero-order valence-corrected chi connectivity index (χ0v) is 7.10. The number of hydrogen-bond donors (Lipinski definition) is 0. The molecule has 0 radical (unpaired) electrons. The van der Waals surface area contributed by atoms with E-state index in [4.69, 9.17) is 16.3 Å².